The summed E-state index contributed by atoms with van der Waals surface area (Å²) in [5, 5.41) is 0.777. The summed E-state index contributed by atoms with van der Waals surface area (Å²) >= 11 is 7.37. The maximum Gasteiger partial charge on any atom is 0.266 e. The van der Waals surface area contributed by atoms with E-state index in [-0.39, 0.29) is 17.1 Å². The fraction of sp³-hybridized carbons (Fsp3) is 0.200. The standard InChI is InChI=1S/C25H22ClN3O3S/c1-13-21(15(3)30)14(2)27-22(13)23(31)16(4)33-25-28-20-11-6-5-10-19(20)24(32)29(25)18-9-7-8-17(26)12-18/h5-12,16,27H,1-4H3. The number of ketones is 2. The highest BCUT2D eigenvalue weighted by Gasteiger charge is 2.26. The van der Waals surface area contributed by atoms with Gasteiger partial charge in [-0.3, -0.25) is 19.0 Å². The molecule has 2 heterocycles. The third kappa shape index (κ3) is 4.26. The van der Waals surface area contributed by atoms with Crippen LogP contribution in [0.4, 0.5) is 0 Å². The molecule has 1 N–H and O–H groups in total. The van der Waals surface area contributed by atoms with Gasteiger partial charge in [-0.1, -0.05) is 41.6 Å². The zero-order valence-corrected chi connectivity index (χ0v) is 20.2. The van der Waals surface area contributed by atoms with Crippen LogP contribution in [-0.4, -0.2) is 31.4 Å². The number of aromatic amines is 1. The number of halogens is 1. The van der Waals surface area contributed by atoms with Crippen LogP contribution in [0.15, 0.2) is 58.5 Å². The molecule has 1 atom stereocenters. The quantitative estimate of drug-likeness (QED) is 0.222. The van der Waals surface area contributed by atoms with Crippen molar-refractivity contribution in [1.82, 2.24) is 14.5 Å². The SMILES string of the molecule is CC(=O)c1c(C)[nH]c(C(=O)C(C)Sc2nc3ccccc3c(=O)n2-c2cccc(Cl)c2)c1C. The van der Waals surface area contributed by atoms with Gasteiger partial charge in [-0.05, 0) is 63.6 Å². The van der Waals surface area contributed by atoms with Crippen molar-refractivity contribution in [3.05, 3.63) is 86.4 Å². The summed E-state index contributed by atoms with van der Waals surface area (Å²) in [7, 11) is 0. The summed E-state index contributed by atoms with van der Waals surface area (Å²) in [6, 6.07) is 14.1. The molecule has 0 saturated heterocycles. The highest BCUT2D eigenvalue weighted by molar-refractivity contribution is 8.00. The van der Waals surface area contributed by atoms with E-state index in [1.54, 1.807) is 63.2 Å². The van der Waals surface area contributed by atoms with Crippen molar-refractivity contribution >= 4 is 45.8 Å². The number of H-pyrrole nitrogens is 1. The lowest BCUT2D eigenvalue weighted by Crippen LogP contribution is -2.24. The van der Waals surface area contributed by atoms with Gasteiger partial charge in [0.25, 0.3) is 5.56 Å². The molecule has 8 heteroatoms. The van der Waals surface area contributed by atoms with E-state index >= 15 is 0 Å². The van der Waals surface area contributed by atoms with Gasteiger partial charge in [0, 0.05) is 16.3 Å². The van der Waals surface area contributed by atoms with Gasteiger partial charge in [0.15, 0.2) is 16.7 Å². The van der Waals surface area contributed by atoms with Crippen LogP contribution < -0.4 is 5.56 Å². The Balaban J connectivity index is 1.81. The Morgan fingerprint density at radius 2 is 1.85 bits per heavy atom. The monoisotopic (exact) mass is 479 g/mol. The van der Waals surface area contributed by atoms with Gasteiger partial charge in [-0.25, -0.2) is 4.98 Å². The van der Waals surface area contributed by atoms with E-state index in [9.17, 15) is 14.4 Å². The number of aryl methyl sites for hydroxylation is 1. The molecule has 0 aliphatic heterocycles. The predicted molar refractivity (Wildman–Crippen MR) is 132 cm³/mol. The molecule has 6 nitrogen and oxygen atoms in total. The van der Waals surface area contributed by atoms with Crippen molar-refractivity contribution in [3.8, 4) is 5.69 Å². The largest absolute Gasteiger partial charge is 0.355 e. The number of fused-ring (bicyclic) bond motifs is 1. The molecule has 4 aromatic rings. The van der Waals surface area contributed by atoms with Crippen molar-refractivity contribution in [1.29, 1.82) is 0 Å². The molecular formula is C25H22ClN3O3S. The second-order valence-electron chi connectivity index (χ2n) is 7.84. The molecule has 4 rings (SSSR count). The van der Waals surface area contributed by atoms with E-state index in [1.807, 2.05) is 6.07 Å². The molecule has 33 heavy (non-hydrogen) atoms. The van der Waals surface area contributed by atoms with Crippen molar-refractivity contribution < 1.29 is 9.59 Å². The topological polar surface area (TPSA) is 84.8 Å². The van der Waals surface area contributed by atoms with E-state index in [2.05, 4.69) is 4.98 Å². The first-order valence-corrected chi connectivity index (χ1v) is 11.6. The molecule has 168 valence electrons. The van der Waals surface area contributed by atoms with Crippen molar-refractivity contribution in [2.75, 3.05) is 0 Å². The highest BCUT2D eigenvalue weighted by atomic mass is 35.5. The van der Waals surface area contributed by atoms with E-state index in [0.717, 1.165) is 0 Å². The number of benzene rings is 2. The van der Waals surface area contributed by atoms with Crippen LogP contribution in [0.3, 0.4) is 0 Å². The Morgan fingerprint density at radius 1 is 1.12 bits per heavy atom. The van der Waals surface area contributed by atoms with E-state index in [0.29, 0.717) is 49.3 Å². The number of carbonyl (C=O) groups is 2. The Labute approximate surface area is 200 Å². The van der Waals surface area contributed by atoms with E-state index in [1.165, 1.54) is 23.3 Å². The minimum absolute atomic E-state index is 0.0911. The summed E-state index contributed by atoms with van der Waals surface area (Å²) in [4.78, 5) is 46.4. The number of para-hydroxylation sites is 1. The number of aromatic nitrogens is 3. The Hall–Kier alpha value is -3.16. The van der Waals surface area contributed by atoms with Crippen LogP contribution in [0.1, 0.15) is 46.0 Å². The number of nitrogens with one attached hydrogen (secondary N) is 1. The minimum atomic E-state index is -0.569. The van der Waals surface area contributed by atoms with Crippen LogP contribution in [0.5, 0.6) is 0 Å². The lowest BCUT2D eigenvalue weighted by molar-refractivity contribution is 0.0988. The van der Waals surface area contributed by atoms with Crippen LogP contribution in [0.25, 0.3) is 16.6 Å². The summed E-state index contributed by atoms with van der Waals surface area (Å²) in [6.07, 6.45) is 0. The molecule has 0 fully saturated rings. The molecule has 2 aromatic carbocycles. The third-order valence-corrected chi connectivity index (χ3v) is 6.79. The zero-order chi connectivity index (χ0) is 23.9. The van der Waals surface area contributed by atoms with Gasteiger partial charge in [0.1, 0.15) is 0 Å². The summed E-state index contributed by atoms with van der Waals surface area (Å²) in [6.45, 7) is 6.79. The first kappa shape index (κ1) is 23.0. The molecule has 0 aliphatic rings. The molecule has 0 amide bonds. The van der Waals surface area contributed by atoms with Gasteiger partial charge >= 0.3 is 0 Å². The number of nitrogens with zero attached hydrogens (tertiary/aromatic N) is 2. The van der Waals surface area contributed by atoms with E-state index in [4.69, 9.17) is 16.6 Å². The molecule has 0 bridgehead atoms. The number of rotatable bonds is 6. The Kier molecular flexibility index (Phi) is 6.28. The van der Waals surface area contributed by atoms with Crippen LogP contribution in [0, 0.1) is 13.8 Å². The molecule has 0 aliphatic carbocycles. The third-order valence-electron chi connectivity index (χ3n) is 5.50. The fourth-order valence-corrected chi connectivity index (χ4v) is 5.14. The van der Waals surface area contributed by atoms with Crippen LogP contribution >= 0.6 is 23.4 Å². The first-order chi connectivity index (χ1) is 15.7. The van der Waals surface area contributed by atoms with E-state index < -0.39 is 5.25 Å². The average molecular weight is 480 g/mol. The van der Waals surface area contributed by atoms with Gasteiger partial charge in [0.2, 0.25) is 0 Å². The number of hydrogen-bond donors (Lipinski definition) is 1. The van der Waals surface area contributed by atoms with Gasteiger partial charge in [-0.15, -0.1) is 0 Å². The lowest BCUT2D eigenvalue weighted by atomic mass is 10.0. The van der Waals surface area contributed by atoms with Crippen LogP contribution in [-0.2, 0) is 0 Å². The first-order valence-electron chi connectivity index (χ1n) is 10.4. The maximum atomic E-state index is 13.4. The molecule has 1 unspecified atom stereocenters. The summed E-state index contributed by atoms with van der Waals surface area (Å²) in [5.74, 6) is -0.264. The molecule has 0 saturated carbocycles. The summed E-state index contributed by atoms with van der Waals surface area (Å²) < 4.78 is 1.48. The zero-order valence-electron chi connectivity index (χ0n) is 18.6. The summed E-state index contributed by atoms with van der Waals surface area (Å²) in [5.41, 5.74) is 3.12. The Morgan fingerprint density at radius 3 is 2.52 bits per heavy atom. The number of carbonyl (C=O) groups excluding carboxylic acids is 2. The number of thioether (sulfide) groups is 1. The van der Waals surface area contributed by atoms with Crippen LogP contribution in [0.2, 0.25) is 5.02 Å². The van der Waals surface area contributed by atoms with Crippen molar-refractivity contribution in [2.45, 2.75) is 38.1 Å². The minimum Gasteiger partial charge on any atom is -0.355 e. The smallest absolute Gasteiger partial charge is 0.266 e. The predicted octanol–water partition coefficient (Wildman–Crippen LogP) is 5.55. The second kappa shape index (κ2) is 9.00. The lowest BCUT2D eigenvalue weighted by Gasteiger charge is -2.16. The van der Waals surface area contributed by atoms with Crippen molar-refractivity contribution in [3.63, 3.8) is 0 Å². The molecular weight excluding hydrogens is 458 g/mol. The molecule has 0 spiro atoms. The molecule has 2 aromatic heterocycles. The number of hydrogen-bond acceptors (Lipinski definition) is 5. The fourth-order valence-electron chi connectivity index (χ4n) is 3.97. The van der Waals surface area contributed by atoms with Gasteiger partial charge in [0.05, 0.1) is 27.5 Å². The second-order valence-corrected chi connectivity index (χ2v) is 9.58. The van der Waals surface area contributed by atoms with Gasteiger partial charge in [-0.2, -0.15) is 0 Å². The number of Topliss-reactive ketones (excluding diaryl/α,β-unsaturated/α-hetero) is 2. The Bertz CT molecular complexity index is 1470. The maximum absolute atomic E-state index is 13.4. The molecule has 0 radical (unpaired) electrons. The van der Waals surface area contributed by atoms with Crippen molar-refractivity contribution in [2.24, 2.45) is 0 Å². The van der Waals surface area contributed by atoms with Gasteiger partial charge < -0.3 is 4.98 Å². The average Bonchev–Trinajstić information content (AvgIpc) is 3.07. The highest BCUT2D eigenvalue weighted by Crippen LogP contribution is 2.29. The normalized spacial score (nSPS) is 12.2.